The molecule has 0 rings (SSSR count). The van der Waals surface area contributed by atoms with Gasteiger partial charge in [-0.15, -0.1) is 5.54 Å². The predicted molar refractivity (Wildman–Crippen MR) is 40.1 cm³/mol. The summed E-state index contributed by atoms with van der Waals surface area (Å²) in [5.41, 5.74) is 3.04. The van der Waals surface area contributed by atoms with Gasteiger partial charge in [0.25, 0.3) is 0 Å². The standard InChI is InChI=1S/C5H10SSi/c1-7(2,3)5-4-6/h6H,1-3H3. The molecule has 0 aromatic rings. The molecule has 2 heteroatoms. The van der Waals surface area contributed by atoms with Crippen molar-refractivity contribution < 1.29 is 0 Å². The number of hydrogen-bond acceptors (Lipinski definition) is 1. The Hall–Kier alpha value is 0.127. The van der Waals surface area contributed by atoms with Gasteiger partial charge in [-0.05, 0) is 5.25 Å². The van der Waals surface area contributed by atoms with Crippen LogP contribution in [0.2, 0.25) is 19.6 Å². The van der Waals surface area contributed by atoms with Gasteiger partial charge in [-0.3, -0.25) is 0 Å². The minimum absolute atomic E-state index is 1.09. The second-order valence-corrected chi connectivity index (χ2v) is 7.46. The molecule has 0 atom stereocenters. The Morgan fingerprint density at radius 2 is 1.71 bits per heavy atom. The first kappa shape index (κ1) is 7.13. The molecular formula is C5H10SSi. The van der Waals surface area contributed by atoms with Crippen LogP contribution >= 0.6 is 12.6 Å². The van der Waals surface area contributed by atoms with E-state index in [9.17, 15) is 0 Å². The van der Waals surface area contributed by atoms with Crippen molar-refractivity contribution in [3.05, 3.63) is 0 Å². The summed E-state index contributed by atoms with van der Waals surface area (Å²) in [6, 6.07) is 0. The molecule has 0 fully saturated rings. The molecule has 0 heterocycles. The molecule has 0 unspecified atom stereocenters. The number of rotatable bonds is 0. The van der Waals surface area contributed by atoms with Gasteiger partial charge in [0.2, 0.25) is 0 Å². The minimum Gasteiger partial charge on any atom is -0.121 e. The third kappa shape index (κ3) is 6.13. The van der Waals surface area contributed by atoms with E-state index in [0.717, 1.165) is 0 Å². The Balaban J connectivity index is 3.72. The van der Waals surface area contributed by atoms with E-state index in [-0.39, 0.29) is 0 Å². The van der Waals surface area contributed by atoms with E-state index >= 15 is 0 Å². The van der Waals surface area contributed by atoms with E-state index in [2.05, 4.69) is 43.1 Å². The van der Waals surface area contributed by atoms with E-state index in [1.54, 1.807) is 0 Å². The molecule has 0 saturated carbocycles. The van der Waals surface area contributed by atoms with E-state index in [0.29, 0.717) is 0 Å². The fraction of sp³-hybridized carbons (Fsp3) is 0.600. The van der Waals surface area contributed by atoms with Crippen LogP contribution in [-0.4, -0.2) is 8.07 Å². The molecule has 0 bridgehead atoms. The van der Waals surface area contributed by atoms with Crippen molar-refractivity contribution in [3.63, 3.8) is 0 Å². The summed E-state index contributed by atoms with van der Waals surface area (Å²) in [7, 11) is -1.09. The van der Waals surface area contributed by atoms with Crippen molar-refractivity contribution in [2.75, 3.05) is 0 Å². The lowest BCUT2D eigenvalue weighted by molar-refractivity contribution is 1.82. The lowest BCUT2D eigenvalue weighted by Gasteiger charge is -2.01. The van der Waals surface area contributed by atoms with Gasteiger partial charge in [-0.1, -0.05) is 32.3 Å². The molecule has 0 aliphatic heterocycles. The van der Waals surface area contributed by atoms with Crippen LogP contribution in [0.3, 0.4) is 0 Å². The average molecular weight is 130 g/mol. The molecule has 0 aromatic heterocycles. The molecule has 0 aromatic carbocycles. The van der Waals surface area contributed by atoms with Gasteiger partial charge < -0.3 is 0 Å². The van der Waals surface area contributed by atoms with E-state index in [1.807, 2.05) is 0 Å². The van der Waals surface area contributed by atoms with Crippen molar-refractivity contribution in [2.45, 2.75) is 19.6 Å². The van der Waals surface area contributed by atoms with E-state index in [4.69, 9.17) is 0 Å². The molecule has 7 heavy (non-hydrogen) atoms. The highest BCUT2D eigenvalue weighted by Gasteiger charge is 2.06. The molecule has 0 nitrogen and oxygen atoms in total. The van der Waals surface area contributed by atoms with Gasteiger partial charge in [-0.2, -0.15) is 0 Å². The summed E-state index contributed by atoms with van der Waals surface area (Å²) < 4.78 is 0. The lowest BCUT2D eigenvalue weighted by Crippen LogP contribution is -2.15. The Morgan fingerprint density at radius 1 is 1.29 bits per heavy atom. The predicted octanol–water partition coefficient (Wildman–Crippen LogP) is 1.75. The van der Waals surface area contributed by atoms with Crippen molar-refractivity contribution in [2.24, 2.45) is 0 Å². The smallest absolute Gasteiger partial charge is 0.121 e. The highest BCUT2D eigenvalue weighted by atomic mass is 32.1. The second-order valence-electron chi connectivity index (χ2n) is 2.49. The lowest BCUT2D eigenvalue weighted by atomic mass is 11.4. The average Bonchev–Trinajstić information content (AvgIpc) is 1.30. The Labute approximate surface area is 51.7 Å². The highest BCUT2D eigenvalue weighted by Crippen LogP contribution is 1.95. The Morgan fingerprint density at radius 3 is 1.71 bits per heavy atom. The van der Waals surface area contributed by atoms with Gasteiger partial charge in [0.15, 0.2) is 0 Å². The molecular weight excluding hydrogens is 120 g/mol. The van der Waals surface area contributed by atoms with Crippen molar-refractivity contribution in [1.82, 2.24) is 0 Å². The first-order chi connectivity index (χ1) is 3.06. The number of hydrogen-bond donors (Lipinski definition) is 1. The normalized spacial score (nSPS) is 9.71. The van der Waals surface area contributed by atoms with E-state index in [1.165, 1.54) is 0 Å². The molecule has 0 aliphatic rings. The van der Waals surface area contributed by atoms with Crippen LogP contribution in [0.5, 0.6) is 0 Å². The van der Waals surface area contributed by atoms with Crippen LogP contribution in [0.25, 0.3) is 0 Å². The zero-order chi connectivity index (χ0) is 5.91. The van der Waals surface area contributed by atoms with Gasteiger partial charge in [0.05, 0.1) is 0 Å². The molecule has 40 valence electrons. The van der Waals surface area contributed by atoms with Gasteiger partial charge in [0, 0.05) is 0 Å². The van der Waals surface area contributed by atoms with Crippen molar-refractivity contribution in [3.8, 4) is 10.8 Å². The van der Waals surface area contributed by atoms with Crippen LogP contribution in [0.1, 0.15) is 0 Å². The third-order valence-corrected chi connectivity index (χ3v) is 1.63. The van der Waals surface area contributed by atoms with Crippen LogP contribution in [0.15, 0.2) is 0 Å². The van der Waals surface area contributed by atoms with Gasteiger partial charge >= 0.3 is 0 Å². The van der Waals surface area contributed by atoms with Crippen molar-refractivity contribution >= 4 is 20.7 Å². The maximum atomic E-state index is 3.79. The Kier molecular flexibility index (Phi) is 2.48. The van der Waals surface area contributed by atoms with E-state index < -0.39 is 8.07 Å². The monoisotopic (exact) mass is 130 g/mol. The fourth-order valence-corrected chi connectivity index (χ4v) is 1.51. The molecule has 0 N–H and O–H groups in total. The summed E-state index contributed by atoms with van der Waals surface area (Å²) in [5.74, 6) is 0. The fourth-order valence-electron chi connectivity index (χ4n) is 0.168. The molecule has 0 aliphatic carbocycles. The largest absolute Gasteiger partial charge is 0.130 e. The van der Waals surface area contributed by atoms with Crippen LogP contribution in [0, 0.1) is 10.8 Å². The maximum absolute atomic E-state index is 3.79. The summed E-state index contributed by atoms with van der Waals surface area (Å²) in [6.07, 6.45) is 0. The quantitative estimate of drug-likeness (QED) is 0.288. The Bertz CT molecular complexity index is 101. The third-order valence-electron chi connectivity index (χ3n) is 0.431. The molecule has 0 radical (unpaired) electrons. The summed E-state index contributed by atoms with van der Waals surface area (Å²) in [5, 5.41) is 2.61. The zero-order valence-electron chi connectivity index (χ0n) is 4.95. The minimum atomic E-state index is -1.09. The molecule has 0 saturated heterocycles. The second kappa shape index (κ2) is 2.44. The first-order valence-electron chi connectivity index (χ1n) is 2.22. The van der Waals surface area contributed by atoms with Crippen LogP contribution in [0.4, 0.5) is 0 Å². The van der Waals surface area contributed by atoms with Crippen LogP contribution < -0.4 is 0 Å². The molecule has 0 spiro atoms. The summed E-state index contributed by atoms with van der Waals surface area (Å²) in [6.45, 7) is 6.57. The van der Waals surface area contributed by atoms with Gasteiger partial charge in [-0.25, -0.2) is 0 Å². The summed E-state index contributed by atoms with van der Waals surface area (Å²) >= 11 is 3.79. The topological polar surface area (TPSA) is 0 Å². The summed E-state index contributed by atoms with van der Waals surface area (Å²) in [4.78, 5) is 0. The highest BCUT2D eigenvalue weighted by molar-refractivity contribution is 7.85. The SMILES string of the molecule is C[Si](C)(C)C#CS. The van der Waals surface area contributed by atoms with Crippen LogP contribution in [-0.2, 0) is 0 Å². The van der Waals surface area contributed by atoms with Gasteiger partial charge in [0.1, 0.15) is 8.07 Å². The first-order valence-corrected chi connectivity index (χ1v) is 6.17. The zero-order valence-corrected chi connectivity index (χ0v) is 6.84. The number of thiol groups is 1. The maximum Gasteiger partial charge on any atom is 0.130 e. The van der Waals surface area contributed by atoms with Crippen molar-refractivity contribution in [1.29, 1.82) is 0 Å². The molecule has 0 amide bonds.